The van der Waals surface area contributed by atoms with E-state index in [1.807, 2.05) is 4.68 Å². The van der Waals surface area contributed by atoms with E-state index in [0.29, 0.717) is 19.6 Å². The summed E-state index contributed by atoms with van der Waals surface area (Å²) in [6, 6.07) is 2.09. The molecule has 5 nitrogen and oxygen atoms in total. The van der Waals surface area contributed by atoms with E-state index in [4.69, 9.17) is 9.47 Å². The van der Waals surface area contributed by atoms with Gasteiger partial charge in [-0.1, -0.05) is 6.92 Å². The molecule has 0 bridgehead atoms. The van der Waals surface area contributed by atoms with Crippen LogP contribution in [0.15, 0.2) is 6.07 Å². The average Bonchev–Trinajstić information content (AvgIpc) is 2.90. The number of ether oxygens (including phenoxy) is 2. The maximum absolute atomic E-state index is 10.7. The van der Waals surface area contributed by atoms with Crippen LogP contribution in [0.4, 0.5) is 0 Å². The zero-order valence-electron chi connectivity index (χ0n) is 12.8. The molecule has 0 saturated carbocycles. The number of rotatable bonds is 6. The van der Waals surface area contributed by atoms with Crippen molar-refractivity contribution < 1.29 is 14.6 Å². The summed E-state index contributed by atoms with van der Waals surface area (Å²) in [5, 5.41) is 15.2. The lowest BCUT2D eigenvalue weighted by Crippen LogP contribution is -2.49. The molecule has 1 N–H and O–H groups in total. The molecule has 20 heavy (non-hydrogen) atoms. The molecular formula is C15H26N2O3. The fourth-order valence-electron chi connectivity index (χ4n) is 2.90. The zero-order valence-corrected chi connectivity index (χ0v) is 12.8. The van der Waals surface area contributed by atoms with Crippen molar-refractivity contribution in [3.63, 3.8) is 0 Å². The van der Waals surface area contributed by atoms with Crippen LogP contribution >= 0.6 is 0 Å². The van der Waals surface area contributed by atoms with Crippen molar-refractivity contribution in [1.29, 1.82) is 0 Å². The third-order valence-corrected chi connectivity index (χ3v) is 4.33. The predicted octanol–water partition coefficient (Wildman–Crippen LogP) is 1.56. The summed E-state index contributed by atoms with van der Waals surface area (Å²) in [5.41, 5.74) is 1.68. The minimum atomic E-state index is -0.525. The van der Waals surface area contributed by atoms with Crippen LogP contribution in [0.2, 0.25) is 0 Å². The number of aromatic nitrogens is 2. The topological polar surface area (TPSA) is 56.5 Å². The smallest absolute Gasteiger partial charge is 0.0983 e. The Balaban J connectivity index is 2.13. The highest BCUT2D eigenvalue weighted by Gasteiger charge is 2.40. The van der Waals surface area contributed by atoms with Gasteiger partial charge < -0.3 is 14.6 Å². The van der Waals surface area contributed by atoms with Gasteiger partial charge in [0.25, 0.3) is 0 Å². The Kier molecular flexibility index (Phi) is 5.18. The summed E-state index contributed by atoms with van der Waals surface area (Å²) >= 11 is 0. The van der Waals surface area contributed by atoms with E-state index in [9.17, 15) is 5.11 Å². The van der Waals surface area contributed by atoms with Gasteiger partial charge >= 0.3 is 0 Å². The van der Waals surface area contributed by atoms with Gasteiger partial charge in [-0.3, -0.25) is 4.68 Å². The highest BCUT2D eigenvalue weighted by Crippen LogP contribution is 2.30. The standard InChI is InChI=1S/C15H26N2O3/c1-4-12-10-13(17(5-2)16-12)11-14(18)15(19-3)6-8-20-9-7-15/h10,14,18H,4-9,11H2,1-3H3. The quantitative estimate of drug-likeness (QED) is 0.860. The molecule has 0 amide bonds. The van der Waals surface area contributed by atoms with Crippen LogP contribution in [0.3, 0.4) is 0 Å². The maximum Gasteiger partial charge on any atom is 0.0983 e. The number of aryl methyl sites for hydroxylation is 2. The fourth-order valence-corrected chi connectivity index (χ4v) is 2.90. The summed E-state index contributed by atoms with van der Waals surface area (Å²) in [6.07, 6.45) is 2.45. The molecule has 0 aliphatic carbocycles. The van der Waals surface area contributed by atoms with Crippen LogP contribution in [0, 0.1) is 0 Å². The van der Waals surface area contributed by atoms with Crippen molar-refractivity contribution in [3.8, 4) is 0 Å². The lowest BCUT2D eigenvalue weighted by atomic mass is 9.85. The normalized spacial score (nSPS) is 20.0. The van der Waals surface area contributed by atoms with Crippen LogP contribution < -0.4 is 0 Å². The highest BCUT2D eigenvalue weighted by molar-refractivity contribution is 5.13. The molecule has 1 atom stereocenters. The highest BCUT2D eigenvalue weighted by atomic mass is 16.5. The molecule has 114 valence electrons. The lowest BCUT2D eigenvalue weighted by molar-refractivity contribution is -0.152. The van der Waals surface area contributed by atoms with Crippen LogP contribution in [0.1, 0.15) is 38.1 Å². The first-order chi connectivity index (χ1) is 9.65. The number of hydrogen-bond donors (Lipinski definition) is 1. The molecular weight excluding hydrogens is 256 g/mol. The van der Waals surface area contributed by atoms with Crippen molar-refractivity contribution in [2.75, 3.05) is 20.3 Å². The minimum absolute atomic E-state index is 0.479. The first kappa shape index (κ1) is 15.5. The molecule has 1 fully saturated rings. The number of methoxy groups -OCH3 is 1. The van der Waals surface area contributed by atoms with Gasteiger partial charge in [-0.2, -0.15) is 5.10 Å². The van der Waals surface area contributed by atoms with E-state index in [-0.39, 0.29) is 0 Å². The van der Waals surface area contributed by atoms with Crippen molar-refractivity contribution in [2.45, 2.75) is 57.8 Å². The van der Waals surface area contributed by atoms with Crippen molar-refractivity contribution in [2.24, 2.45) is 0 Å². The van der Waals surface area contributed by atoms with Crippen LogP contribution in [0.5, 0.6) is 0 Å². The predicted molar refractivity (Wildman–Crippen MR) is 76.8 cm³/mol. The van der Waals surface area contributed by atoms with E-state index in [1.54, 1.807) is 7.11 Å². The average molecular weight is 282 g/mol. The number of hydrogen-bond acceptors (Lipinski definition) is 4. The second-order valence-corrected chi connectivity index (χ2v) is 5.40. The molecule has 1 unspecified atom stereocenters. The Bertz CT molecular complexity index is 425. The first-order valence-corrected chi connectivity index (χ1v) is 7.51. The van der Waals surface area contributed by atoms with Crippen LogP contribution in [-0.2, 0) is 28.9 Å². The Labute approximate surface area is 120 Å². The van der Waals surface area contributed by atoms with Crippen LogP contribution in [-0.4, -0.2) is 46.9 Å². The molecule has 0 spiro atoms. The molecule has 1 aliphatic rings. The third kappa shape index (κ3) is 3.05. The Hall–Kier alpha value is -0.910. The molecule has 0 radical (unpaired) electrons. The summed E-state index contributed by atoms with van der Waals surface area (Å²) in [7, 11) is 1.68. The van der Waals surface area contributed by atoms with Gasteiger partial charge in [0.2, 0.25) is 0 Å². The van der Waals surface area contributed by atoms with Gasteiger partial charge in [-0.25, -0.2) is 0 Å². The van der Waals surface area contributed by atoms with Gasteiger partial charge in [0.1, 0.15) is 0 Å². The van der Waals surface area contributed by atoms with Gasteiger partial charge in [0.15, 0.2) is 0 Å². The zero-order chi connectivity index (χ0) is 14.6. The van der Waals surface area contributed by atoms with E-state index in [2.05, 4.69) is 25.0 Å². The second kappa shape index (κ2) is 6.70. The van der Waals surface area contributed by atoms with Gasteiger partial charge in [0, 0.05) is 51.8 Å². The summed E-state index contributed by atoms with van der Waals surface area (Å²) in [5.74, 6) is 0. The van der Waals surface area contributed by atoms with Crippen molar-refractivity contribution in [1.82, 2.24) is 9.78 Å². The minimum Gasteiger partial charge on any atom is -0.390 e. The van der Waals surface area contributed by atoms with Gasteiger partial charge in [-0.05, 0) is 19.4 Å². The largest absolute Gasteiger partial charge is 0.390 e. The number of aliphatic hydroxyl groups excluding tert-OH is 1. The van der Waals surface area contributed by atoms with E-state index >= 15 is 0 Å². The van der Waals surface area contributed by atoms with E-state index in [1.165, 1.54) is 0 Å². The number of nitrogens with zero attached hydrogens (tertiary/aromatic N) is 2. The lowest BCUT2D eigenvalue weighted by Gasteiger charge is -2.39. The number of aliphatic hydroxyl groups is 1. The molecule has 1 saturated heterocycles. The molecule has 1 aromatic heterocycles. The second-order valence-electron chi connectivity index (χ2n) is 5.40. The monoisotopic (exact) mass is 282 g/mol. The fraction of sp³-hybridized carbons (Fsp3) is 0.800. The molecule has 1 aliphatic heterocycles. The molecule has 2 rings (SSSR count). The molecule has 2 heterocycles. The Morgan fingerprint density at radius 2 is 2.15 bits per heavy atom. The summed E-state index contributed by atoms with van der Waals surface area (Å²) in [6.45, 7) is 6.29. The van der Waals surface area contributed by atoms with Crippen molar-refractivity contribution >= 4 is 0 Å². The molecule has 5 heteroatoms. The van der Waals surface area contributed by atoms with Gasteiger partial charge in [-0.15, -0.1) is 0 Å². The van der Waals surface area contributed by atoms with Gasteiger partial charge in [0.05, 0.1) is 17.4 Å². The maximum atomic E-state index is 10.7. The summed E-state index contributed by atoms with van der Waals surface area (Å²) < 4.78 is 13.0. The summed E-state index contributed by atoms with van der Waals surface area (Å²) in [4.78, 5) is 0. The SMILES string of the molecule is CCc1cc(CC(O)C2(OC)CCOCC2)n(CC)n1. The van der Waals surface area contributed by atoms with E-state index < -0.39 is 11.7 Å². The Morgan fingerprint density at radius 3 is 2.70 bits per heavy atom. The van der Waals surface area contributed by atoms with E-state index in [0.717, 1.165) is 37.2 Å². The molecule has 0 aromatic carbocycles. The van der Waals surface area contributed by atoms with Crippen molar-refractivity contribution in [3.05, 3.63) is 17.5 Å². The third-order valence-electron chi connectivity index (χ3n) is 4.33. The van der Waals surface area contributed by atoms with Crippen LogP contribution in [0.25, 0.3) is 0 Å². The molecule has 1 aromatic rings. The Morgan fingerprint density at radius 1 is 1.45 bits per heavy atom. The first-order valence-electron chi connectivity index (χ1n) is 7.51.